The van der Waals surface area contributed by atoms with Gasteiger partial charge in [0.05, 0.1) is 5.92 Å². The summed E-state index contributed by atoms with van der Waals surface area (Å²) in [6.45, 7) is 2.63. The molecule has 2 aromatic rings. The zero-order chi connectivity index (χ0) is 18.2. The number of carbonyl (C=O) groups is 1. The lowest BCUT2D eigenvalue weighted by molar-refractivity contribution is -0.143. The number of oxime groups is 1. The lowest BCUT2D eigenvalue weighted by Gasteiger charge is -2.29. The van der Waals surface area contributed by atoms with Crippen LogP contribution in [0.25, 0.3) is 0 Å². The number of nitrogens with zero attached hydrogens (tertiary/aromatic N) is 2. The highest BCUT2D eigenvalue weighted by Gasteiger charge is 2.24. The van der Waals surface area contributed by atoms with E-state index in [0.717, 1.165) is 36.2 Å². The van der Waals surface area contributed by atoms with Crippen LogP contribution in [0.4, 0.5) is 0 Å². The number of benzene rings is 2. The van der Waals surface area contributed by atoms with Gasteiger partial charge in [-0.25, -0.2) is 0 Å². The molecule has 0 saturated carbocycles. The number of hydrogen-bond donors (Lipinski definition) is 1. The van der Waals surface area contributed by atoms with Crippen LogP contribution in [0.2, 0.25) is 0 Å². The summed E-state index contributed by atoms with van der Waals surface area (Å²) >= 11 is 0. The maximum atomic E-state index is 11.2. The minimum absolute atomic E-state index is 0. The van der Waals surface area contributed by atoms with Gasteiger partial charge in [0.15, 0.2) is 0 Å². The molecule has 1 saturated heterocycles. The lowest BCUT2D eigenvalue weighted by Crippen LogP contribution is -2.40. The normalized spacial score (nSPS) is 16.8. The standard InChI is InChI=1S/C21H24N2O3.ClH/c24-21(25)19-12-7-13-23(16-19)14-15-26-22-20(17-8-3-1-4-9-17)18-10-5-2-6-11-18;/h1-6,8-11,19H,7,12-16H2,(H,24,25);1H/t19-;/m1./s1. The van der Waals surface area contributed by atoms with Gasteiger partial charge in [0.1, 0.15) is 12.3 Å². The van der Waals surface area contributed by atoms with Crippen LogP contribution in [0.3, 0.4) is 0 Å². The molecular formula is C21H25ClN2O3. The molecule has 0 amide bonds. The van der Waals surface area contributed by atoms with Gasteiger partial charge < -0.3 is 9.94 Å². The highest BCUT2D eigenvalue weighted by molar-refractivity contribution is 6.12. The van der Waals surface area contributed by atoms with E-state index in [0.29, 0.717) is 19.7 Å². The fraction of sp³-hybridized carbons (Fsp3) is 0.333. The van der Waals surface area contributed by atoms with Crippen LogP contribution in [-0.4, -0.2) is 47.9 Å². The number of carboxylic acid groups (broad SMARTS) is 1. The van der Waals surface area contributed by atoms with Gasteiger partial charge in [-0.1, -0.05) is 65.8 Å². The largest absolute Gasteiger partial charge is 0.481 e. The van der Waals surface area contributed by atoms with Gasteiger partial charge >= 0.3 is 5.97 Å². The van der Waals surface area contributed by atoms with E-state index < -0.39 is 5.97 Å². The first-order valence-corrected chi connectivity index (χ1v) is 9.00. The number of likely N-dealkylation sites (tertiary alicyclic amines) is 1. The molecule has 5 nitrogen and oxygen atoms in total. The first-order valence-electron chi connectivity index (χ1n) is 9.00. The second-order valence-corrected chi connectivity index (χ2v) is 6.48. The Kier molecular flexibility index (Phi) is 8.30. The van der Waals surface area contributed by atoms with Gasteiger partial charge in [-0.3, -0.25) is 9.69 Å². The van der Waals surface area contributed by atoms with Gasteiger partial charge in [0, 0.05) is 24.2 Å². The zero-order valence-corrected chi connectivity index (χ0v) is 16.0. The molecule has 0 bridgehead atoms. The summed E-state index contributed by atoms with van der Waals surface area (Å²) in [5.41, 5.74) is 2.80. The summed E-state index contributed by atoms with van der Waals surface area (Å²) in [5, 5.41) is 13.5. The Morgan fingerprint density at radius 2 is 1.67 bits per heavy atom. The maximum absolute atomic E-state index is 11.2. The topological polar surface area (TPSA) is 62.1 Å². The van der Waals surface area contributed by atoms with E-state index in [1.165, 1.54) is 0 Å². The summed E-state index contributed by atoms with van der Waals surface area (Å²) in [4.78, 5) is 18.9. The molecule has 27 heavy (non-hydrogen) atoms. The van der Waals surface area contributed by atoms with Gasteiger partial charge in [-0.15, -0.1) is 12.4 Å². The van der Waals surface area contributed by atoms with Crippen molar-refractivity contribution in [3.05, 3.63) is 71.8 Å². The zero-order valence-electron chi connectivity index (χ0n) is 15.2. The summed E-state index contributed by atoms with van der Waals surface area (Å²) < 4.78 is 0. The maximum Gasteiger partial charge on any atom is 0.307 e. The quantitative estimate of drug-likeness (QED) is 0.446. The molecule has 0 aliphatic carbocycles. The Hall–Kier alpha value is -2.37. The predicted octanol–water partition coefficient (Wildman–Crippen LogP) is 3.67. The summed E-state index contributed by atoms with van der Waals surface area (Å²) in [7, 11) is 0. The van der Waals surface area contributed by atoms with Crippen LogP contribution in [0.15, 0.2) is 65.8 Å². The lowest BCUT2D eigenvalue weighted by atomic mass is 9.98. The smallest absolute Gasteiger partial charge is 0.307 e. The summed E-state index contributed by atoms with van der Waals surface area (Å²) in [6, 6.07) is 19.9. The third-order valence-corrected chi connectivity index (χ3v) is 4.60. The molecule has 0 unspecified atom stereocenters. The van der Waals surface area contributed by atoms with E-state index in [1.807, 2.05) is 60.7 Å². The SMILES string of the molecule is Cl.O=C(O)[C@@H]1CCCN(CCON=C(c2ccccc2)c2ccccc2)C1. The molecular weight excluding hydrogens is 364 g/mol. The second kappa shape index (κ2) is 10.7. The number of carboxylic acids is 1. The fourth-order valence-electron chi connectivity index (χ4n) is 3.20. The number of piperidine rings is 1. The van der Waals surface area contributed by atoms with Crippen LogP contribution >= 0.6 is 12.4 Å². The number of rotatable bonds is 7. The third-order valence-electron chi connectivity index (χ3n) is 4.60. The minimum atomic E-state index is -0.705. The van der Waals surface area contributed by atoms with Crippen molar-refractivity contribution in [2.24, 2.45) is 11.1 Å². The van der Waals surface area contributed by atoms with Gasteiger partial charge in [-0.05, 0) is 19.4 Å². The van der Waals surface area contributed by atoms with Gasteiger partial charge in [-0.2, -0.15) is 0 Å². The van der Waals surface area contributed by atoms with Crippen LogP contribution in [0.1, 0.15) is 24.0 Å². The van der Waals surface area contributed by atoms with Crippen molar-refractivity contribution in [1.82, 2.24) is 4.90 Å². The molecule has 6 heteroatoms. The molecule has 2 aromatic carbocycles. The molecule has 0 radical (unpaired) electrons. The monoisotopic (exact) mass is 388 g/mol. The van der Waals surface area contributed by atoms with E-state index in [9.17, 15) is 9.90 Å². The van der Waals surface area contributed by atoms with E-state index in [-0.39, 0.29) is 18.3 Å². The number of halogens is 1. The van der Waals surface area contributed by atoms with Crippen molar-refractivity contribution in [3.63, 3.8) is 0 Å². The van der Waals surface area contributed by atoms with Gasteiger partial charge in [0.2, 0.25) is 0 Å². The molecule has 1 aliphatic heterocycles. The van der Waals surface area contributed by atoms with Crippen molar-refractivity contribution in [2.75, 3.05) is 26.2 Å². The molecule has 1 heterocycles. The average Bonchev–Trinajstić information content (AvgIpc) is 2.69. The van der Waals surface area contributed by atoms with Crippen LogP contribution < -0.4 is 0 Å². The molecule has 1 atom stereocenters. The van der Waals surface area contributed by atoms with E-state index in [2.05, 4.69) is 10.1 Å². The summed E-state index contributed by atoms with van der Waals surface area (Å²) in [6.07, 6.45) is 1.68. The van der Waals surface area contributed by atoms with E-state index >= 15 is 0 Å². The van der Waals surface area contributed by atoms with Gasteiger partial charge in [0.25, 0.3) is 0 Å². The van der Waals surface area contributed by atoms with Crippen LogP contribution in [0, 0.1) is 5.92 Å². The van der Waals surface area contributed by atoms with Crippen molar-refractivity contribution < 1.29 is 14.7 Å². The predicted molar refractivity (Wildman–Crippen MR) is 109 cm³/mol. The third kappa shape index (κ3) is 6.08. The van der Waals surface area contributed by atoms with E-state index in [1.54, 1.807) is 0 Å². The Morgan fingerprint density at radius 3 is 2.22 bits per heavy atom. The highest BCUT2D eigenvalue weighted by Crippen LogP contribution is 2.16. The Morgan fingerprint density at radius 1 is 1.07 bits per heavy atom. The number of hydrogen-bond acceptors (Lipinski definition) is 4. The number of aliphatic carboxylic acids is 1. The molecule has 0 aromatic heterocycles. The molecule has 144 valence electrons. The fourth-order valence-corrected chi connectivity index (χ4v) is 3.20. The molecule has 3 rings (SSSR count). The van der Waals surface area contributed by atoms with Crippen molar-refractivity contribution in [3.8, 4) is 0 Å². The molecule has 0 spiro atoms. The highest BCUT2D eigenvalue weighted by atomic mass is 35.5. The second-order valence-electron chi connectivity index (χ2n) is 6.48. The Bertz CT molecular complexity index is 696. The Balaban J connectivity index is 0.00000261. The average molecular weight is 389 g/mol. The first kappa shape index (κ1) is 20.9. The minimum Gasteiger partial charge on any atom is -0.481 e. The summed E-state index contributed by atoms with van der Waals surface area (Å²) in [5.74, 6) is -0.972. The van der Waals surface area contributed by atoms with Crippen molar-refractivity contribution >= 4 is 24.1 Å². The van der Waals surface area contributed by atoms with Crippen LogP contribution in [-0.2, 0) is 9.63 Å². The van der Waals surface area contributed by atoms with Crippen molar-refractivity contribution in [1.29, 1.82) is 0 Å². The van der Waals surface area contributed by atoms with Crippen molar-refractivity contribution in [2.45, 2.75) is 12.8 Å². The van der Waals surface area contributed by atoms with E-state index in [4.69, 9.17) is 4.84 Å². The van der Waals surface area contributed by atoms with Crippen LogP contribution in [0.5, 0.6) is 0 Å². The first-order chi connectivity index (χ1) is 12.7. The molecule has 1 aliphatic rings. The molecule has 1 fully saturated rings. The Labute approximate surface area is 166 Å². The molecule has 1 N–H and O–H groups in total.